The maximum atomic E-state index is 11.7. The number of ether oxygens (including phenoxy) is 3. The number of hydrogen-bond donors (Lipinski definition) is 2. The third-order valence-electron chi connectivity index (χ3n) is 3.26. The van der Waals surface area contributed by atoms with E-state index >= 15 is 0 Å². The number of rotatable bonds is 8. The highest BCUT2D eigenvalue weighted by molar-refractivity contribution is 5.77. The summed E-state index contributed by atoms with van der Waals surface area (Å²) in [7, 11) is 1.61. The van der Waals surface area contributed by atoms with Gasteiger partial charge in [0.1, 0.15) is 6.61 Å². The lowest BCUT2D eigenvalue weighted by molar-refractivity contribution is -0.128. The van der Waals surface area contributed by atoms with Crippen molar-refractivity contribution in [3.63, 3.8) is 0 Å². The van der Waals surface area contributed by atoms with Crippen molar-refractivity contribution in [1.82, 2.24) is 15.5 Å². The van der Waals surface area contributed by atoms with Gasteiger partial charge >= 0.3 is 0 Å². The number of carbonyl (C=O) groups excluding carboxylic acids is 1. The molecule has 1 aliphatic heterocycles. The van der Waals surface area contributed by atoms with E-state index in [9.17, 15) is 4.79 Å². The maximum absolute atomic E-state index is 11.7. The molecule has 0 saturated carbocycles. The lowest BCUT2D eigenvalue weighted by atomic mass is 10.1. The Morgan fingerprint density at radius 2 is 2.48 bits per heavy atom. The third-order valence-corrected chi connectivity index (χ3v) is 3.26. The number of aromatic amines is 1. The maximum Gasteiger partial charge on any atom is 0.246 e. The molecule has 1 atom stereocenters. The van der Waals surface area contributed by atoms with Crippen LogP contribution in [0.4, 0.5) is 0 Å². The molecule has 1 aliphatic rings. The number of hydrogen-bond acceptors (Lipinski definition) is 5. The molecule has 2 N–H and O–H groups in total. The summed E-state index contributed by atoms with van der Waals surface area (Å²) in [6.07, 6.45) is 3.43. The van der Waals surface area contributed by atoms with Gasteiger partial charge < -0.3 is 19.5 Å². The van der Waals surface area contributed by atoms with Crippen molar-refractivity contribution in [1.29, 1.82) is 0 Å². The van der Waals surface area contributed by atoms with Crippen molar-refractivity contribution in [3.05, 3.63) is 17.5 Å². The zero-order valence-corrected chi connectivity index (χ0v) is 12.4. The zero-order valence-electron chi connectivity index (χ0n) is 12.4. The van der Waals surface area contributed by atoms with Crippen LogP contribution in [0.3, 0.4) is 0 Å². The minimum Gasteiger partial charge on any atom is -0.378 e. The van der Waals surface area contributed by atoms with Crippen LogP contribution in [0, 0.1) is 0 Å². The molecule has 1 fully saturated rings. The molecule has 0 aliphatic carbocycles. The molecule has 2 heterocycles. The smallest absolute Gasteiger partial charge is 0.246 e. The largest absolute Gasteiger partial charge is 0.378 e. The van der Waals surface area contributed by atoms with Crippen molar-refractivity contribution in [2.45, 2.75) is 38.5 Å². The van der Waals surface area contributed by atoms with Crippen LogP contribution in [0.15, 0.2) is 6.07 Å². The monoisotopic (exact) mass is 297 g/mol. The van der Waals surface area contributed by atoms with Crippen LogP contribution in [0.2, 0.25) is 0 Å². The average Bonchev–Trinajstić information content (AvgIpc) is 2.94. The number of carbonyl (C=O) groups is 1. The summed E-state index contributed by atoms with van der Waals surface area (Å²) in [4.78, 5) is 11.7. The Bertz CT molecular complexity index is 430. The number of aromatic nitrogens is 2. The van der Waals surface area contributed by atoms with E-state index in [4.69, 9.17) is 14.2 Å². The highest BCUT2D eigenvalue weighted by Crippen LogP contribution is 2.12. The van der Waals surface area contributed by atoms with Gasteiger partial charge in [0.2, 0.25) is 5.91 Å². The first-order valence-electron chi connectivity index (χ1n) is 7.26. The Kier molecular flexibility index (Phi) is 6.65. The van der Waals surface area contributed by atoms with Gasteiger partial charge in [-0.15, -0.1) is 0 Å². The fourth-order valence-electron chi connectivity index (χ4n) is 2.19. The van der Waals surface area contributed by atoms with Gasteiger partial charge in [0.25, 0.3) is 0 Å². The van der Waals surface area contributed by atoms with Crippen molar-refractivity contribution in [2.24, 2.45) is 0 Å². The minimum absolute atomic E-state index is 0.0545. The van der Waals surface area contributed by atoms with E-state index in [1.54, 1.807) is 7.11 Å². The van der Waals surface area contributed by atoms with Crippen LogP contribution in [0.1, 0.15) is 30.7 Å². The summed E-state index contributed by atoms with van der Waals surface area (Å²) < 4.78 is 15.9. The van der Waals surface area contributed by atoms with Gasteiger partial charge in [0.15, 0.2) is 0 Å². The van der Waals surface area contributed by atoms with Crippen LogP contribution in [-0.4, -0.2) is 49.1 Å². The fourth-order valence-corrected chi connectivity index (χ4v) is 2.19. The quantitative estimate of drug-likeness (QED) is 0.740. The summed E-state index contributed by atoms with van der Waals surface area (Å²) in [5.41, 5.74) is 1.65. The van der Waals surface area contributed by atoms with E-state index in [2.05, 4.69) is 15.5 Å². The Balaban J connectivity index is 1.58. The van der Waals surface area contributed by atoms with Gasteiger partial charge in [-0.25, -0.2) is 0 Å². The Morgan fingerprint density at radius 3 is 3.24 bits per heavy atom. The van der Waals surface area contributed by atoms with E-state index in [0.29, 0.717) is 19.8 Å². The number of methoxy groups -OCH3 is 1. The van der Waals surface area contributed by atoms with Gasteiger partial charge in [-0.3, -0.25) is 9.89 Å². The summed E-state index contributed by atoms with van der Waals surface area (Å²) in [5, 5.41) is 9.68. The Morgan fingerprint density at radius 1 is 1.57 bits per heavy atom. The van der Waals surface area contributed by atoms with Crippen LogP contribution >= 0.6 is 0 Å². The van der Waals surface area contributed by atoms with Gasteiger partial charge in [0.05, 0.1) is 37.3 Å². The first-order chi connectivity index (χ1) is 10.3. The molecule has 118 valence electrons. The SMILES string of the molecule is COCc1cc(CNC(=O)COCC2CCCCO2)[nH]n1. The second-order valence-corrected chi connectivity index (χ2v) is 5.10. The molecule has 0 radical (unpaired) electrons. The molecule has 7 heteroatoms. The predicted molar refractivity (Wildman–Crippen MR) is 75.6 cm³/mol. The first-order valence-corrected chi connectivity index (χ1v) is 7.26. The van der Waals surface area contributed by atoms with Gasteiger partial charge in [0, 0.05) is 13.7 Å². The standard InChI is InChI=1S/C14H23N3O4/c1-19-8-12-6-11(16-17-12)7-15-14(18)10-20-9-13-4-2-3-5-21-13/h6,13H,2-5,7-10H2,1H3,(H,15,18)(H,16,17). The summed E-state index contributed by atoms with van der Waals surface area (Å²) in [6, 6.07) is 1.86. The Hall–Kier alpha value is -1.44. The summed E-state index contributed by atoms with van der Waals surface area (Å²) >= 11 is 0. The van der Waals surface area contributed by atoms with Crippen molar-refractivity contribution in [3.8, 4) is 0 Å². The van der Waals surface area contributed by atoms with Gasteiger partial charge in [-0.05, 0) is 25.3 Å². The molecule has 0 bridgehead atoms. The molecular weight excluding hydrogens is 274 g/mol. The topological polar surface area (TPSA) is 85.5 Å². The summed E-state index contributed by atoms with van der Waals surface area (Å²) in [5.74, 6) is -0.145. The van der Waals surface area contributed by atoms with Crippen LogP contribution < -0.4 is 5.32 Å². The highest BCUT2D eigenvalue weighted by Gasteiger charge is 2.14. The molecule has 1 saturated heterocycles. The average molecular weight is 297 g/mol. The lowest BCUT2D eigenvalue weighted by Crippen LogP contribution is -2.30. The van der Waals surface area contributed by atoms with Gasteiger partial charge in [-0.2, -0.15) is 5.10 Å². The van der Waals surface area contributed by atoms with Crippen LogP contribution in [0.25, 0.3) is 0 Å². The molecule has 0 spiro atoms. The van der Waals surface area contributed by atoms with Gasteiger partial charge in [-0.1, -0.05) is 0 Å². The molecule has 1 amide bonds. The second-order valence-electron chi connectivity index (χ2n) is 5.10. The molecule has 1 aromatic heterocycles. The molecule has 21 heavy (non-hydrogen) atoms. The third kappa shape index (κ3) is 5.82. The normalized spacial score (nSPS) is 18.6. The molecule has 0 aromatic carbocycles. The Labute approximate surface area is 124 Å². The molecular formula is C14H23N3O4. The molecule has 1 aromatic rings. The highest BCUT2D eigenvalue weighted by atomic mass is 16.5. The van der Waals surface area contributed by atoms with E-state index in [-0.39, 0.29) is 18.6 Å². The van der Waals surface area contributed by atoms with E-state index in [0.717, 1.165) is 30.8 Å². The van der Waals surface area contributed by atoms with E-state index in [1.165, 1.54) is 6.42 Å². The number of amides is 1. The molecule has 1 unspecified atom stereocenters. The molecule has 2 rings (SSSR count). The molecule has 7 nitrogen and oxygen atoms in total. The number of nitrogens with one attached hydrogen (secondary N) is 2. The first kappa shape index (κ1) is 15.9. The summed E-state index contributed by atoms with van der Waals surface area (Å²) in [6.45, 7) is 2.19. The fraction of sp³-hybridized carbons (Fsp3) is 0.714. The van der Waals surface area contributed by atoms with Crippen molar-refractivity contribution in [2.75, 3.05) is 26.9 Å². The van der Waals surface area contributed by atoms with Crippen LogP contribution in [0.5, 0.6) is 0 Å². The minimum atomic E-state index is -0.145. The number of H-pyrrole nitrogens is 1. The predicted octanol–water partition coefficient (Wildman–Crippen LogP) is 0.758. The van der Waals surface area contributed by atoms with E-state index < -0.39 is 0 Å². The zero-order chi connectivity index (χ0) is 14.9. The van der Waals surface area contributed by atoms with E-state index in [1.807, 2.05) is 6.07 Å². The lowest BCUT2D eigenvalue weighted by Gasteiger charge is -2.22. The van der Waals surface area contributed by atoms with Crippen LogP contribution in [-0.2, 0) is 32.2 Å². The second kappa shape index (κ2) is 8.76. The van der Waals surface area contributed by atoms with Crippen molar-refractivity contribution >= 4 is 5.91 Å². The van der Waals surface area contributed by atoms with Crippen molar-refractivity contribution < 1.29 is 19.0 Å². The number of nitrogens with zero attached hydrogens (tertiary/aromatic N) is 1.